The molecule has 3 heterocycles. The molecule has 1 fully saturated rings. The van der Waals surface area contributed by atoms with Gasteiger partial charge in [0.1, 0.15) is 0 Å². The van der Waals surface area contributed by atoms with Crippen LogP contribution in [0.4, 0.5) is 5.69 Å². The van der Waals surface area contributed by atoms with Crippen molar-refractivity contribution >= 4 is 50.6 Å². The van der Waals surface area contributed by atoms with Crippen molar-refractivity contribution < 1.29 is 23.1 Å². The van der Waals surface area contributed by atoms with Gasteiger partial charge in [-0.25, -0.2) is 8.42 Å². The topological polar surface area (TPSA) is 132 Å². The second-order valence-electron chi connectivity index (χ2n) is 8.68. The maximum Gasteiger partial charge on any atom is 0.256 e. The van der Waals surface area contributed by atoms with E-state index in [1.807, 2.05) is 4.90 Å². The summed E-state index contributed by atoms with van der Waals surface area (Å²) in [6, 6.07) is 5.17. The Hall–Kier alpha value is -2.66. The monoisotopic (exact) mass is 506 g/mol. The Morgan fingerprint density at radius 2 is 2.00 bits per heavy atom. The molecule has 9 nitrogen and oxygen atoms in total. The predicted molar refractivity (Wildman–Crippen MR) is 132 cm³/mol. The number of H-pyrrole nitrogens is 1. The molecule has 1 aromatic heterocycles. The van der Waals surface area contributed by atoms with Gasteiger partial charge in [0.25, 0.3) is 11.8 Å². The highest BCUT2D eigenvalue weighted by atomic mass is 35.5. The van der Waals surface area contributed by atoms with Crippen LogP contribution in [-0.2, 0) is 14.6 Å². The van der Waals surface area contributed by atoms with Crippen LogP contribution in [0.5, 0.6) is 0 Å². The number of aromatic nitrogens is 1. The summed E-state index contributed by atoms with van der Waals surface area (Å²) < 4.78 is 23.1. The maximum atomic E-state index is 12.9. The minimum absolute atomic E-state index is 0.0385. The lowest BCUT2D eigenvalue weighted by Crippen LogP contribution is -2.46. The van der Waals surface area contributed by atoms with Crippen LogP contribution < -0.4 is 10.6 Å². The van der Waals surface area contributed by atoms with Crippen LogP contribution in [0, 0.1) is 13.8 Å². The van der Waals surface area contributed by atoms with Crippen molar-refractivity contribution in [1.29, 1.82) is 0 Å². The van der Waals surface area contributed by atoms with E-state index >= 15 is 0 Å². The molecule has 1 aromatic carbocycles. The molecule has 2 aliphatic rings. The highest BCUT2D eigenvalue weighted by Crippen LogP contribution is 2.35. The quantitative estimate of drug-likeness (QED) is 0.440. The summed E-state index contributed by atoms with van der Waals surface area (Å²) in [5, 5.41) is 16.4. The van der Waals surface area contributed by atoms with E-state index in [0.29, 0.717) is 57.5 Å². The van der Waals surface area contributed by atoms with E-state index in [2.05, 4.69) is 15.6 Å². The molecule has 0 bridgehead atoms. The van der Waals surface area contributed by atoms with Crippen LogP contribution in [0.2, 0.25) is 5.02 Å². The normalized spacial score (nSPS) is 19.6. The number of sulfone groups is 1. The van der Waals surface area contributed by atoms with Crippen molar-refractivity contribution in [1.82, 2.24) is 15.2 Å². The number of fused-ring (bicyclic) bond motifs is 1. The first-order valence-electron chi connectivity index (χ1n) is 11.0. The van der Waals surface area contributed by atoms with Gasteiger partial charge in [0.2, 0.25) is 0 Å². The van der Waals surface area contributed by atoms with E-state index in [-0.39, 0.29) is 36.4 Å². The lowest BCUT2D eigenvalue weighted by molar-refractivity contribution is -0.110. The van der Waals surface area contributed by atoms with Crippen LogP contribution >= 0.6 is 11.6 Å². The molecule has 4 rings (SSSR count). The molecule has 0 aliphatic carbocycles. The number of rotatable bonds is 6. The molecule has 2 amide bonds. The third kappa shape index (κ3) is 5.20. The number of aliphatic hydroxyl groups is 1. The third-order valence-electron chi connectivity index (χ3n) is 6.16. The number of carbonyl (C=O) groups is 2. The van der Waals surface area contributed by atoms with Gasteiger partial charge in [0.15, 0.2) is 9.84 Å². The molecule has 2 aliphatic heterocycles. The molecule has 0 saturated carbocycles. The number of benzene rings is 1. The van der Waals surface area contributed by atoms with Crippen molar-refractivity contribution in [3.63, 3.8) is 0 Å². The molecule has 182 valence electrons. The van der Waals surface area contributed by atoms with Gasteiger partial charge < -0.3 is 20.7 Å². The Bertz CT molecular complexity index is 1270. The molecule has 0 unspecified atom stereocenters. The Labute approximate surface area is 203 Å². The lowest BCUT2D eigenvalue weighted by atomic mass is 10.0. The molecule has 0 radical (unpaired) electrons. The average Bonchev–Trinajstić information content (AvgIpc) is 3.23. The number of halogens is 1. The van der Waals surface area contributed by atoms with E-state index in [1.165, 1.54) is 0 Å². The average molecular weight is 507 g/mol. The summed E-state index contributed by atoms with van der Waals surface area (Å²) >= 11 is 6.10. The summed E-state index contributed by atoms with van der Waals surface area (Å²) in [4.78, 5) is 30.4. The number of amides is 2. The van der Waals surface area contributed by atoms with Gasteiger partial charge in [-0.3, -0.25) is 14.5 Å². The lowest BCUT2D eigenvalue weighted by Gasteiger charge is -2.28. The maximum absolute atomic E-state index is 12.9. The van der Waals surface area contributed by atoms with Gasteiger partial charge in [-0.2, -0.15) is 0 Å². The Kier molecular flexibility index (Phi) is 6.86. The summed E-state index contributed by atoms with van der Waals surface area (Å²) in [7, 11) is -2.98. The SMILES string of the molecule is Cc1[nH]c(/C=C2\C(=O)Nc3ccc(Cl)cc32)c(C)c1C(=O)NC[C@H](O)CN1CCS(=O)(=O)CC1. The van der Waals surface area contributed by atoms with Crippen molar-refractivity contribution in [2.45, 2.75) is 20.0 Å². The van der Waals surface area contributed by atoms with Crippen LogP contribution in [0.15, 0.2) is 18.2 Å². The molecule has 34 heavy (non-hydrogen) atoms. The van der Waals surface area contributed by atoms with Crippen LogP contribution in [-0.4, -0.2) is 79.0 Å². The molecule has 2 aromatic rings. The summed E-state index contributed by atoms with van der Waals surface area (Å²) in [5.41, 5.74) is 4.24. The largest absolute Gasteiger partial charge is 0.390 e. The first kappa shape index (κ1) is 24.5. The summed E-state index contributed by atoms with van der Waals surface area (Å²) in [6.07, 6.45) is 0.880. The smallest absolute Gasteiger partial charge is 0.256 e. The zero-order valence-corrected chi connectivity index (χ0v) is 20.5. The third-order valence-corrected chi connectivity index (χ3v) is 8.01. The Morgan fingerprint density at radius 3 is 2.71 bits per heavy atom. The van der Waals surface area contributed by atoms with Gasteiger partial charge >= 0.3 is 0 Å². The van der Waals surface area contributed by atoms with Crippen molar-refractivity contribution in [2.24, 2.45) is 0 Å². The first-order valence-corrected chi connectivity index (χ1v) is 13.1. The second-order valence-corrected chi connectivity index (χ2v) is 11.4. The first-order chi connectivity index (χ1) is 16.0. The zero-order chi connectivity index (χ0) is 24.6. The number of aromatic amines is 1. The van der Waals surface area contributed by atoms with E-state index in [9.17, 15) is 23.1 Å². The number of hydrogen-bond acceptors (Lipinski definition) is 6. The van der Waals surface area contributed by atoms with E-state index in [1.54, 1.807) is 38.1 Å². The highest BCUT2D eigenvalue weighted by molar-refractivity contribution is 7.91. The number of aliphatic hydroxyl groups excluding tert-OH is 1. The number of nitrogens with one attached hydrogen (secondary N) is 3. The fourth-order valence-electron chi connectivity index (χ4n) is 4.30. The number of carbonyl (C=O) groups excluding carboxylic acids is 2. The molecule has 1 atom stereocenters. The molecule has 4 N–H and O–H groups in total. The molecule has 0 spiro atoms. The minimum Gasteiger partial charge on any atom is -0.390 e. The standard InChI is InChI=1S/C23H27ClN4O5S/c1-13-20(10-18-17-9-15(24)3-4-19(17)27-22(18)30)26-14(2)21(13)23(31)25-11-16(29)12-28-5-7-34(32,33)8-6-28/h3-4,9-10,16,26,29H,5-8,11-12H2,1-2H3,(H,25,31)(H,27,30)/b18-10-/t16-/m0/s1. The Morgan fingerprint density at radius 1 is 1.29 bits per heavy atom. The van der Waals surface area contributed by atoms with E-state index < -0.39 is 15.9 Å². The fourth-order valence-corrected chi connectivity index (χ4v) is 5.75. The fraction of sp³-hybridized carbons (Fsp3) is 0.391. The second kappa shape index (κ2) is 9.53. The van der Waals surface area contributed by atoms with Crippen LogP contribution in [0.25, 0.3) is 11.6 Å². The minimum atomic E-state index is -2.98. The van der Waals surface area contributed by atoms with Gasteiger partial charge in [0, 0.05) is 53.8 Å². The van der Waals surface area contributed by atoms with E-state index in [0.717, 1.165) is 0 Å². The van der Waals surface area contributed by atoms with Gasteiger partial charge in [-0.15, -0.1) is 0 Å². The summed E-state index contributed by atoms with van der Waals surface area (Å²) in [5.74, 6) is -0.416. The molecule has 1 saturated heterocycles. The molecular formula is C23H27ClN4O5S. The number of aryl methyl sites for hydroxylation is 1. The van der Waals surface area contributed by atoms with Crippen molar-refractivity contribution in [3.05, 3.63) is 51.3 Å². The van der Waals surface area contributed by atoms with Crippen LogP contribution in [0.1, 0.15) is 32.9 Å². The van der Waals surface area contributed by atoms with Crippen molar-refractivity contribution in [3.8, 4) is 0 Å². The number of anilines is 1. The van der Waals surface area contributed by atoms with E-state index in [4.69, 9.17) is 11.6 Å². The summed E-state index contributed by atoms with van der Waals surface area (Å²) in [6.45, 7) is 4.65. The molecule has 11 heteroatoms. The van der Waals surface area contributed by atoms with Gasteiger partial charge in [-0.1, -0.05) is 11.6 Å². The highest BCUT2D eigenvalue weighted by Gasteiger charge is 2.27. The number of hydrogen-bond donors (Lipinski definition) is 4. The number of nitrogens with zero attached hydrogens (tertiary/aromatic N) is 1. The van der Waals surface area contributed by atoms with Gasteiger partial charge in [-0.05, 0) is 43.7 Å². The Balaban J connectivity index is 1.44. The van der Waals surface area contributed by atoms with Crippen molar-refractivity contribution in [2.75, 3.05) is 43.0 Å². The van der Waals surface area contributed by atoms with Crippen LogP contribution in [0.3, 0.4) is 0 Å². The number of β-amino-alcohol motifs (C(OH)–C–C–N with tert-alkyl or cyclic N) is 1. The zero-order valence-electron chi connectivity index (χ0n) is 18.9. The molecular weight excluding hydrogens is 480 g/mol. The predicted octanol–water partition coefficient (Wildman–Crippen LogP) is 1.60. The van der Waals surface area contributed by atoms with Gasteiger partial charge in [0.05, 0.1) is 28.7 Å².